The molecule has 4 saturated carbocycles. The SMILES string of the molecule is CN1CCC[C@@H](CCNC(=O)CC23C[C@@H]4C[C@H](CC(O)(C4)C2)C3)C1. The molecule has 3 atom stereocenters. The molecule has 0 aromatic carbocycles. The van der Waals surface area contributed by atoms with E-state index in [9.17, 15) is 9.90 Å². The number of piperidine rings is 1. The van der Waals surface area contributed by atoms with E-state index >= 15 is 0 Å². The summed E-state index contributed by atoms with van der Waals surface area (Å²) in [6.07, 6.45) is 10.8. The zero-order valence-corrected chi connectivity index (χ0v) is 15.2. The van der Waals surface area contributed by atoms with Crippen LogP contribution in [0.4, 0.5) is 0 Å². The number of nitrogens with zero attached hydrogens (tertiary/aromatic N) is 1. The summed E-state index contributed by atoms with van der Waals surface area (Å²) in [4.78, 5) is 14.9. The van der Waals surface area contributed by atoms with Gasteiger partial charge in [-0.3, -0.25) is 4.79 Å². The number of carbonyl (C=O) groups excluding carboxylic acids is 1. The minimum Gasteiger partial charge on any atom is -0.390 e. The molecular formula is C20H34N2O2. The fraction of sp³-hybridized carbons (Fsp3) is 0.950. The van der Waals surface area contributed by atoms with Gasteiger partial charge in [0.05, 0.1) is 5.60 Å². The number of aliphatic hydroxyl groups is 1. The van der Waals surface area contributed by atoms with Gasteiger partial charge in [0.1, 0.15) is 0 Å². The van der Waals surface area contributed by atoms with Gasteiger partial charge in [-0.05, 0) is 94.5 Å². The molecule has 0 radical (unpaired) electrons. The number of amides is 1. The van der Waals surface area contributed by atoms with E-state index in [4.69, 9.17) is 0 Å². The summed E-state index contributed by atoms with van der Waals surface area (Å²) in [5.74, 6) is 2.30. The molecular weight excluding hydrogens is 300 g/mol. The van der Waals surface area contributed by atoms with Gasteiger partial charge in [-0.25, -0.2) is 0 Å². The molecule has 5 fully saturated rings. The molecule has 1 heterocycles. The van der Waals surface area contributed by atoms with E-state index < -0.39 is 5.60 Å². The van der Waals surface area contributed by atoms with E-state index in [1.807, 2.05) is 0 Å². The highest BCUT2D eigenvalue weighted by molar-refractivity contribution is 5.76. The summed E-state index contributed by atoms with van der Waals surface area (Å²) in [5, 5.41) is 14.0. The summed E-state index contributed by atoms with van der Waals surface area (Å²) < 4.78 is 0. The van der Waals surface area contributed by atoms with Crippen molar-refractivity contribution in [3.8, 4) is 0 Å². The molecule has 0 unspecified atom stereocenters. The fourth-order valence-corrected chi connectivity index (χ4v) is 6.94. The lowest BCUT2D eigenvalue weighted by Crippen LogP contribution is -2.56. The Hall–Kier alpha value is -0.610. The number of likely N-dealkylation sites (tertiary alicyclic amines) is 1. The summed E-state index contributed by atoms with van der Waals surface area (Å²) in [5.41, 5.74) is -0.342. The lowest BCUT2D eigenvalue weighted by atomic mass is 9.47. The van der Waals surface area contributed by atoms with Crippen molar-refractivity contribution in [3.05, 3.63) is 0 Å². The van der Waals surface area contributed by atoms with E-state index in [0.717, 1.165) is 38.1 Å². The lowest BCUT2D eigenvalue weighted by molar-refractivity contribution is -0.169. The average molecular weight is 335 g/mol. The summed E-state index contributed by atoms with van der Waals surface area (Å²) in [6.45, 7) is 3.22. The third kappa shape index (κ3) is 3.50. The number of rotatable bonds is 5. The fourth-order valence-electron chi connectivity index (χ4n) is 6.94. The Bertz CT molecular complexity index is 478. The van der Waals surface area contributed by atoms with Crippen LogP contribution in [0.1, 0.15) is 64.2 Å². The second-order valence-electron chi connectivity index (χ2n) is 9.77. The van der Waals surface area contributed by atoms with Crippen LogP contribution in [0.3, 0.4) is 0 Å². The smallest absolute Gasteiger partial charge is 0.220 e. The Labute approximate surface area is 146 Å². The van der Waals surface area contributed by atoms with Crippen LogP contribution >= 0.6 is 0 Å². The number of nitrogens with one attached hydrogen (secondary N) is 1. The van der Waals surface area contributed by atoms with Gasteiger partial charge in [-0.2, -0.15) is 0 Å². The van der Waals surface area contributed by atoms with Crippen LogP contribution in [0.15, 0.2) is 0 Å². The number of carbonyl (C=O) groups is 1. The molecule has 4 nitrogen and oxygen atoms in total. The summed E-state index contributed by atoms with van der Waals surface area (Å²) >= 11 is 0. The first kappa shape index (κ1) is 16.8. The molecule has 0 aromatic heterocycles. The van der Waals surface area contributed by atoms with Crippen molar-refractivity contribution < 1.29 is 9.90 Å². The van der Waals surface area contributed by atoms with Crippen LogP contribution in [0.5, 0.6) is 0 Å². The van der Waals surface area contributed by atoms with Gasteiger partial charge in [0.2, 0.25) is 5.91 Å². The Morgan fingerprint density at radius 3 is 2.67 bits per heavy atom. The summed E-state index contributed by atoms with van der Waals surface area (Å²) in [7, 11) is 2.20. The van der Waals surface area contributed by atoms with Crippen molar-refractivity contribution in [1.82, 2.24) is 10.2 Å². The van der Waals surface area contributed by atoms with E-state index in [2.05, 4.69) is 17.3 Å². The minimum atomic E-state index is -0.447. The topological polar surface area (TPSA) is 52.6 Å². The van der Waals surface area contributed by atoms with Crippen molar-refractivity contribution in [2.75, 3.05) is 26.7 Å². The highest BCUT2D eigenvalue weighted by atomic mass is 16.3. The predicted octanol–water partition coefficient (Wildman–Crippen LogP) is 2.56. The van der Waals surface area contributed by atoms with Gasteiger partial charge >= 0.3 is 0 Å². The molecule has 4 heteroatoms. The second-order valence-corrected chi connectivity index (χ2v) is 9.77. The van der Waals surface area contributed by atoms with Gasteiger partial charge in [0.15, 0.2) is 0 Å². The Balaban J connectivity index is 1.26. The second kappa shape index (κ2) is 6.28. The van der Waals surface area contributed by atoms with Gasteiger partial charge in [0, 0.05) is 19.5 Å². The molecule has 4 bridgehead atoms. The van der Waals surface area contributed by atoms with Crippen LogP contribution in [0.25, 0.3) is 0 Å². The normalized spacial score (nSPS) is 44.7. The lowest BCUT2D eigenvalue weighted by Gasteiger charge is -2.60. The van der Waals surface area contributed by atoms with Gasteiger partial charge in [-0.1, -0.05) is 0 Å². The molecule has 4 aliphatic carbocycles. The molecule has 136 valence electrons. The maximum absolute atomic E-state index is 12.5. The zero-order valence-electron chi connectivity index (χ0n) is 15.2. The molecule has 0 spiro atoms. The highest BCUT2D eigenvalue weighted by Crippen LogP contribution is 2.62. The van der Waals surface area contributed by atoms with Crippen molar-refractivity contribution >= 4 is 5.91 Å². The largest absolute Gasteiger partial charge is 0.390 e. The first-order chi connectivity index (χ1) is 11.4. The Morgan fingerprint density at radius 2 is 2.00 bits per heavy atom. The molecule has 2 N–H and O–H groups in total. The Morgan fingerprint density at radius 1 is 1.25 bits per heavy atom. The molecule has 24 heavy (non-hydrogen) atoms. The van der Waals surface area contributed by atoms with Crippen molar-refractivity contribution in [3.63, 3.8) is 0 Å². The monoisotopic (exact) mass is 334 g/mol. The number of hydrogen-bond donors (Lipinski definition) is 2. The highest BCUT2D eigenvalue weighted by Gasteiger charge is 2.57. The molecule has 1 aliphatic heterocycles. The van der Waals surface area contributed by atoms with E-state index in [1.165, 1.54) is 45.2 Å². The maximum atomic E-state index is 12.5. The third-order valence-corrected chi connectivity index (χ3v) is 7.28. The van der Waals surface area contributed by atoms with E-state index in [0.29, 0.717) is 18.3 Å². The van der Waals surface area contributed by atoms with Crippen LogP contribution in [0, 0.1) is 23.2 Å². The zero-order chi connectivity index (χ0) is 16.8. The molecule has 5 aliphatic rings. The average Bonchev–Trinajstić information content (AvgIpc) is 2.43. The first-order valence-electron chi connectivity index (χ1n) is 10.1. The first-order valence-corrected chi connectivity index (χ1v) is 10.1. The van der Waals surface area contributed by atoms with Gasteiger partial charge in [0.25, 0.3) is 0 Å². The molecule has 1 saturated heterocycles. The molecule has 1 amide bonds. The number of hydrogen-bond acceptors (Lipinski definition) is 3. The Kier molecular flexibility index (Phi) is 4.41. The van der Waals surface area contributed by atoms with Crippen LogP contribution in [-0.4, -0.2) is 48.2 Å². The quantitative estimate of drug-likeness (QED) is 0.812. The maximum Gasteiger partial charge on any atom is 0.220 e. The minimum absolute atomic E-state index is 0.105. The van der Waals surface area contributed by atoms with Crippen molar-refractivity contribution in [1.29, 1.82) is 0 Å². The summed E-state index contributed by atoms with van der Waals surface area (Å²) in [6, 6.07) is 0. The van der Waals surface area contributed by atoms with Crippen molar-refractivity contribution in [2.24, 2.45) is 23.2 Å². The van der Waals surface area contributed by atoms with Gasteiger partial charge in [-0.15, -0.1) is 0 Å². The molecule has 0 aromatic rings. The van der Waals surface area contributed by atoms with Crippen LogP contribution in [0.2, 0.25) is 0 Å². The third-order valence-electron chi connectivity index (χ3n) is 7.28. The van der Waals surface area contributed by atoms with E-state index in [1.54, 1.807) is 0 Å². The predicted molar refractivity (Wildman–Crippen MR) is 94.5 cm³/mol. The standard InChI is InChI=1S/C20H34N2O2/c1-22-6-2-3-15(13-22)4-5-21-18(23)12-19-8-16-7-17(9-19)11-20(24,10-16)14-19/h15-17,24H,2-14H2,1H3,(H,21,23)/t15-,16-,17-,19?,20?/m0/s1. The van der Waals surface area contributed by atoms with E-state index in [-0.39, 0.29) is 11.3 Å². The van der Waals surface area contributed by atoms with Crippen molar-refractivity contribution in [2.45, 2.75) is 69.8 Å². The van der Waals surface area contributed by atoms with Crippen LogP contribution in [-0.2, 0) is 4.79 Å². The molecule has 5 rings (SSSR count). The van der Waals surface area contributed by atoms with Crippen LogP contribution < -0.4 is 5.32 Å². The van der Waals surface area contributed by atoms with Gasteiger partial charge < -0.3 is 15.3 Å².